The van der Waals surface area contributed by atoms with Crippen molar-refractivity contribution in [3.8, 4) is 0 Å². The fourth-order valence-electron chi connectivity index (χ4n) is 3.02. The number of nitrogens with zero attached hydrogens (tertiary/aromatic N) is 1. The van der Waals surface area contributed by atoms with Gasteiger partial charge in [0.2, 0.25) is 0 Å². The van der Waals surface area contributed by atoms with E-state index >= 15 is 0 Å². The number of hydrogen-bond donors (Lipinski definition) is 1. The highest BCUT2D eigenvalue weighted by Crippen LogP contribution is 2.18. The summed E-state index contributed by atoms with van der Waals surface area (Å²) < 4.78 is 29.9. The quantitative estimate of drug-likeness (QED) is 0.334. The molecule has 0 bridgehead atoms. The molecule has 0 aliphatic carbocycles. The first-order valence-electron chi connectivity index (χ1n) is 9.60. The van der Waals surface area contributed by atoms with E-state index in [0.717, 1.165) is 21.9 Å². The van der Waals surface area contributed by atoms with E-state index in [1.165, 1.54) is 7.11 Å². The predicted octanol–water partition coefficient (Wildman–Crippen LogP) is 4.17. The molecule has 156 valence electrons. The molecule has 0 saturated carbocycles. The lowest BCUT2D eigenvalue weighted by molar-refractivity contribution is -0.140. The van der Waals surface area contributed by atoms with Gasteiger partial charge in [-0.3, -0.25) is 4.79 Å². The second-order valence-corrected chi connectivity index (χ2v) is 8.62. The Bertz CT molecular complexity index is 1170. The van der Waals surface area contributed by atoms with E-state index in [9.17, 15) is 13.2 Å². The van der Waals surface area contributed by atoms with E-state index in [1.54, 1.807) is 24.3 Å². The van der Waals surface area contributed by atoms with E-state index in [-0.39, 0.29) is 17.3 Å². The Kier molecular flexibility index (Phi) is 6.84. The van der Waals surface area contributed by atoms with Gasteiger partial charge in [0.15, 0.2) is 0 Å². The standard InChI is InChI=1S/C23H24N2O4S/c1-17-10-14-21(15-11-17)30(27,28)25-24-22(8-5-9-23(26)29-2)20-13-12-18-6-3-4-7-19(18)16-20/h3-4,6-7,10-16,25H,5,8-9H2,1-2H3/b24-22+. The van der Waals surface area contributed by atoms with Crippen molar-refractivity contribution in [1.29, 1.82) is 0 Å². The van der Waals surface area contributed by atoms with Gasteiger partial charge in [-0.2, -0.15) is 18.4 Å². The Labute approximate surface area is 176 Å². The summed E-state index contributed by atoms with van der Waals surface area (Å²) in [6.07, 6.45) is 1.14. The molecule has 0 atom stereocenters. The molecule has 0 spiro atoms. The topological polar surface area (TPSA) is 84.8 Å². The lowest BCUT2D eigenvalue weighted by Gasteiger charge is -2.10. The molecule has 0 saturated heterocycles. The Hall–Kier alpha value is -3.19. The Morgan fingerprint density at radius 1 is 0.967 bits per heavy atom. The summed E-state index contributed by atoms with van der Waals surface area (Å²) in [6.45, 7) is 1.89. The van der Waals surface area contributed by atoms with E-state index in [4.69, 9.17) is 0 Å². The summed E-state index contributed by atoms with van der Waals surface area (Å²) in [5.41, 5.74) is 2.32. The van der Waals surface area contributed by atoms with E-state index in [0.29, 0.717) is 18.6 Å². The zero-order chi connectivity index (χ0) is 21.6. The Morgan fingerprint density at radius 2 is 1.67 bits per heavy atom. The van der Waals surface area contributed by atoms with Crippen molar-refractivity contribution in [2.24, 2.45) is 5.10 Å². The monoisotopic (exact) mass is 424 g/mol. The highest BCUT2D eigenvalue weighted by Gasteiger charge is 2.14. The second kappa shape index (κ2) is 9.54. The summed E-state index contributed by atoms with van der Waals surface area (Å²) >= 11 is 0. The zero-order valence-corrected chi connectivity index (χ0v) is 17.8. The van der Waals surface area contributed by atoms with Crippen LogP contribution in [0.25, 0.3) is 10.8 Å². The van der Waals surface area contributed by atoms with Crippen molar-refractivity contribution < 1.29 is 17.9 Å². The lowest BCUT2D eigenvalue weighted by Crippen LogP contribution is -2.21. The number of methoxy groups -OCH3 is 1. The number of aryl methyl sites for hydroxylation is 1. The van der Waals surface area contributed by atoms with Crippen LogP contribution < -0.4 is 4.83 Å². The predicted molar refractivity (Wildman–Crippen MR) is 118 cm³/mol. The van der Waals surface area contributed by atoms with Crippen LogP contribution in [0.2, 0.25) is 0 Å². The summed E-state index contributed by atoms with van der Waals surface area (Å²) in [6, 6.07) is 20.3. The van der Waals surface area contributed by atoms with Gasteiger partial charge in [0.1, 0.15) is 0 Å². The first-order valence-corrected chi connectivity index (χ1v) is 11.1. The molecule has 0 aliphatic heterocycles. The fraction of sp³-hybridized carbons (Fsp3) is 0.217. The van der Waals surface area contributed by atoms with Gasteiger partial charge in [-0.15, -0.1) is 0 Å². The normalized spacial score (nSPS) is 12.0. The van der Waals surface area contributed by atoms with Gasteiger partial charge < -0.3 is 4.74 Å². The van der Waals surface area contributed by atoms with Gasteiger partial charge >= 0.3 is 5.97 Å². The molecule has 1 N–H and O–H groups in total. The third-order valence-electron chi connectivity index (χ3n) is 4.74. The molecular formula is C23H24N2O4S. The van der Waals surface area contributed by atoms with Gasteiger partial charge in [-0.05, 0) is 54.3 Å². The molecule has 0 amide bonds. The van der Waals surface area contributed by atoms with Crippen molar-refractivity contribution in [2.45, 2.75) is 31.1 Å². The van der Waals surface area contributed by atoms with Crippen LogP contribution >= 0.6 is 0 Å². The zero-order valence-electron chi connectivity index (χ0n) is 17.0. The van der Waals surface area contributed by atoms with Gasteiger partial charge in [0, 0.05) is 6.42 Å². The van der Waals surface area contributed by atoms with Crippen LogP contribution in [0, 0.1) is 6.92 Å². The highest BCUT2D eigenvalue weighted by molar-refractivity contribution is 7.89. The first kappa shape index (κ1) is 21.5. The van der Waals surface area contributed by atoms with Gasteiger partial charge in [0.25, 0.3) is 10.0 Å². The first-order chi connectivity index (χ1) is 14.4. The molecule has 0 fully saturated rings. The number of esters is 1. The second-order valence-electron chi connectivity index (χ2n) is 6.96. The molecule has 0 unspecified atom stereocenters. The number of ether oxygens (including phenoxy) is 1. The van der Waals surface area contributed by atoms with Crippen LogP contribution in [0.4, 0.5) is 0 Å². The van der Waals surface area contributed by atoms with Crippen LogP contribution in [0.5, 0.6) is 0 Å². The SMILES string of the molecule is COC(=O)CCC/C(=N\NS(=O)(=O)c1ccc(C)cc1)c1ccc2ccccc2c1. The molecule has 3 rings (SSSR count). The summed E-state index contributed by atoms with van der Waals surface area (Å²) in [5, 5.41) is 6.32. The molecule has 3 aromatic rings. The van der Waals surface area contributed by atoms with E-state index in [1.807, 2.05) is 49.4 Å². The maximum atomic E-state index is 12.6. The van der Waals surface area contributed by atoms with Crippen LogP contribution in [0.1, 0.15) is 30.4 Å². The average Bonchev–Trinajstić information content (AvgIpc) is 2.75. The van der Waals surface area contributed by atoms with Crippen LogP contribution in [-0.4, -0.2) is 27.2 Å². The molecule has 0 aliphatic rings. The smallest absolute Gasteiger partial charge is 0.305 e. The van der Waals surface area contributed by atoms with Crippen molar-refractivity contribution in [3.05, 3.63) is 77.9 Å². The fourth-order valence-corrected chi connectivity index (χ4v) is 3.85. The number of hydrazone groups is 1. The molecule has 30 heavy (non-hydrogen) atoms. The Morgan fingerprint density at radius 3 is 2.37 bits per heavy atom. The number of hydrogen-bond acceptors (Lipinski definition) is 5. The number of nitrogens with one attached hydrogen (secondary N) is 1. The molecule has 7 heteroatoms. The third-order valence-corrected chi connectivity index (χ3v) is 5.96. The summed E-state index contributed by atoms with van der Waals surface area (Å²) in [7, 11) is -2.45. The maximum Gasteiger partial charge on any atom is 0.305 e. The molecule has 0 heterocycles. The number of benzene rings is 3. The lowest BCUT2D eigenvalue weighted by atomic mass is 10.0. The molecule has 0 aromatic heterocycles. The minimum absolute atomic E-state index is 0.143. The number of carbonyl (C=O) groups excluding carboxylic acids is 1. The molecule has 3 aromatic carbocycles. The van der Waals surface area contributed by atoms with Gasteiger partial charge in [-0.1, -0.05) is 54.1 Å². The van der Waals surface area contributed by atoms with E-state index in [2.05, 4.69) is 14.7 Å². The molecule has 0 radical (unpaired) electrons. The van der Waals surface area contributed by atoms with Gasteiger partial charge in [-0.25, -0.2) is 0 Å². The molecular weight excluding hydrogens is 400 g/mol. The summed E-state index contributed by atoms with van der Waals surface area (Å²) in [4.78, 5) is 13.9. The average molecular weight is 425 g/mol. The summed E-state index contributed by atoms with van der Waals surface area (Å²) in [5.74, 6) is -0.312. The van der Waals surface area contributed by atoms with Crippen molar-refractivity contribution in [2.75, 3.05) is 7.11 Å². The van der Waals surface area contributed by atoms with Crippen molar-refractivity contribution in [1.82, 2.24) is 4.83 Å². The third kappa shape index (κ3) is 5.45. The number of carbonyl (C=O) groups is 1. The largest absolute Gasteiger partial charge is 0.469 e. The Balaban J connectivity index is 1.89. The van der Waals surface area contributed by atoms with Crippen molar-refractivity contribution >= 4 is 32.5 Å². The number of sulfonamides is 1. The van der Waals surface area contributed by atoms with Crippen LogP contribution in [-0.2, 0) is 19.6 Å². The van der Waals surface area contributed by atoms with Crippen LogP contribution in [0.3, 0.4) is 0 Å². The van der Waals surface area contributed by atoms with E-state index < -0.39 is 10.0 Å². The minimum Gasteiger partial charge on any atom is -0.469 e. The number of rotatable bonds is 8. The highest BCUT2D eigenvalue weighted by atomic mass is 32.2. The number of fused-ring (bicyclic) bond motifs is 1. The van der Waals surface area contributed by atoms with Crippen LogP contribution in [0.15, 0.2) is 76.7 Å². The maximum absolute atomic E-state index is 12.6. The molecule has 6 nitrogen and oxygen atoms in total. The minimum atomic E-state index is -3.80. The van der Waals surface area contributed by atoms with Crippen molar-refractivity contribution in [3.63, 3.8) is 0 Å². The van der Waals surface area contributed by atoms with Gasteiger partial charge in [0.05, 0.1) is 17.7 Å².